The van der Waals surface area contributed by atoms with Crippen LogP contribution in [0.1, 0.15) is 79.4 Å². The zero-order valence-electron chi connectivity index (χ0n) is 11.0. The molecule has 17 heavy (non-hydrogen) atoms. The van der Waals surface area contributed by atoms with Crippen LogP contribution in [0.25, 0.3) is 0 Å². The van der Waals surface area contributed by atoms with E-state index >= 15 is 0 Å². The van der Waals surface area contributed by atoms with E-state index in [1.165, 1.54) is 54.8 Å². The van der Waals surface area contributed by atoms with Crippen LogP contribution in [0.2, 0.25) is 0 Å². The summed E-state index contributed by atoms with van der Waals surface area (Å²) in [5.41, 5.74) is 7.14. The number of rotatable bonds is 2. The molecule has 1 unspecified atom stereocenters. The van der Waals surface area contributed by atoms with E-state index < -0.39 is 0 Å². The van der Waals surface area contributed by atoms with Crippen LogP contribution in [0.15, 0.2) is 0 Å². The summed E-state index contributed by atoms with van der Waals surface area (Å²) < 4.78 is 0. The molecule has 2 rings (SSSR count). The van der Waals surface area contributed by atoms with Crippen molar-refractivity contribution >= 4 is 11.3 Å². The van der Waals surface area contributed by atoms with Crippen molar-refractivity contribution in [2.24, 2.45) is 5.73 Å². The van der Waals surface area contributed by atoms with E-state index in [9.17, 15) is 0 Å². The molecule has 2 nitrogen and oxygen atoms in total. The third-order valence-electron chi connectivity index (χ3n) is 3.72. The van der Waals surface area contributed by atoms with Crippen molar-refractivity contribution in [2.45, 2.75) is 70.8 Å². The number of hydrogen-bond acceptors (Lipinski definition) is 3. The van der Waals surface area contributed by atoms with Gasteiger partial charge in [0, 0.05) is 16.8 Å². The maximum atomic E-state index is 5.98. The van der Waals surface area contributed by atoms with Gasteiger partial charge < -0.3 is 5.73 Å². The number of hydrogen-bond donors (Lipinski definition) is 1. The van der Waals surface area contributed by atoms with Crippen molar-refractivity contribution in [1.29, 1.82) is 0 Å². The van der Waals surface area contributed by atoms with Crippen LogP contribution in [0.5, 0.6) is 0 Å². The molecule has 0 aromatic carbocycles. The molecule has 0 saturated heterocycles. The van der Waals surface area contributed by atoms with Crippen molar-refractivity contribution in [1.82, 2.24) is 4.98 Å². The molecule has 0 amide bonds. The average molecular weight is 252 g/mol. The van der Waals surface area contributed by atoms with Crippen LogP contribution in [-0.4, -0.2) is 4.98 Å². The summed E-state index contributed by atoms with van der Waals surface area (Å²) in [6.07, 6.45) is 9.63. The fraction of sp³-hybridized carbons (Fsp3) is 0.786. The van der Waals surface area contributed by atoms with E-state index in [0.29, 0.717) is 5.92 Å². The second kappa shape index (κ2) is 5.96. The molecule has 1 aliphatic rings. The number of nitrogens with two attached hydrogens (primary N) is 1. The van der Waals surface area contributed by atoms with E-state index in [1.807, 2.05) is 11.3 Å². The van der Waals surface area contributed by atoms with Gasteiger partial charge in [-0.05, 0) is 26.7 Å². The Bertz CT molecular complexity index is 349. The topological polar surface area (TPSA) is 38.9 Å². The van der Waals surface area contributed by atoms with Crippen molar-refractivity contribution < 1.29 is 0 Å². The maximum absolute atomic E-state index is 5.98. The highest BCUT2D eigenvalue weighted by molar-refractivity contribution is 7.11. The van der Waals surface area contributed by atoms with Crippen LogP contribution < -0.4 is 5.73 Å². The molecule has 1 heterocycles. The molecule has 1 saturated carbocycles. The van der Waals surface area contributed by atoms with Gasteiger partial charge in [-0.15, -0.1) is 11.3 Å². The van der Waals surface area contributed by atoms with Gasteiger partial charge in [-0.1, -0.05) is 32.1 Å². The average Bonchev–Trinajstić information content (AvgIpc) is 2.59. The van der Waals surface area contributed by atoms with Gasteiger partial charge in [0.1, 0.15) is 0 Å². The minimum atomic E-state index is 0.134. The summed E-state index contributed by atoms with van der Waals surface area (Å²) in [4.78, 5) is 6.05. The molecule has 0 bridgehead atoms. The predicted octanol–water partition coefficient (Wildman–Crippen LogP) is 4.30. The Morgan fingerprint density at radius 3 is 2.29 bits per heavy atom. The smallest absolute Gasteiger partial charge is 0.0962 e. The molecule has 0 spiro atoms. The lowest BCUT2D eigenvalue weighted by molar-refractivity contribution is 0.454. The maximum Gasteiger partial charge on any atom is 0.0962 e. The molecule has 1 aliphatic carbocycles. The Balaban J connectivity index is 2.11. The molecular weight excluding hydrogens is 228 g/mol. The third-order valence-corrected chi connectivity index (χ3v) is 5.24. The normalized spacial score (nSPS) is 20.9. The number of nitrogens with zero attached hydrogens (tertiary/aromatic N) is 1. The molecule has 1 atom stereocenters. The van der Waals surface area contributed by atoms with E-state index in [0.717, 1.165) is 5.69 Å². The number of thiazole rings is 1. The summed E-state index contributed by atoms with van der Waals surface area (Å²) in [6.45, 7) is 4.16. The first kappa shape index (κ1) is 13.0. The van der Waals surface area contributed by atoms with E-state index in [-0.39, 0.29) is 6.04 Å². The summed E-state index contributed by atoms with van der Waals surface area (Å²) in [5, 5.41) is 1.34. The minimum Gasteiger partial charge on any atom is -0.323 e. The summed E-state index contributed by atoms with van der Waals surface area (Å²) in [6, 6.07) is 0.134. The van der Waals surface area contributed by atoms with E-state index in [4.69, 9.17) is 10.7 Å². The SMILES string of the molecule is Cc1nc(C2CCCCCCC2)sc1C(C)N. The van der Waals surface area contributed by atoms with Gasteiger partial charge in [0.05, 0.1) is 10.7 Å². The molecule has 3 heteroatoms. The largest absolute Gasteiger partial charge is 0.323 e. The van der Waals surface area contributed by atoms with Crippen molar-refractivity contribution in [3.05, 3.63) is 15.6 Å². The van der Waals surface area contributed by atoms with Crippen LogP contribution in [0.3, 0.4) is 0 Å². The van der Waals surface area contributed by atoms with Crippen molar-refractivity contribution in [3.8, 4) is 0 Å². The van der Waals surface area contributed by atoms with Crippen LogP contribution in [0.4, 0.5) is 0 Å². The monoisotopic (exact) mass is 252 g/mol. The Kier molecular flexibility index (Phi) is 4.57. The molecule has 1 fully saturated rings. The predicted molar refractivity (Wildman–Crippen MR) is 74.5 cm³/mol. The highest BCUT2D eigenvalue weighted by Crippen LogP contribution is 2.35. The Hall–Kier alpha value is -0.410. The molecule has 1 aromatic heterocycles. The second-order valence-corrected chi connectivity index (χ2v) is 6.39. The van der Waals surface area contributed by atoms with Crippen molar-refractivity contribution in [2.75, 3.05) is 0 Å². The van der Waals surface area contributed by atoms with Gasteiger partial charge in [0.2, 0.25) is 0 Å². The van der Waals surface area contributed by atoms with Crippen LogP contribution >= 0.6 is 11.3 Å². The molecule has 96 valence electrons. The van der Waals surface area contributed by atoms with Crippen LogP contribution in [0, 0.1) is 6.92 Å². The zero-order valence-corrected chi connectivity index (χ0v) is 11.9. The molecule has 2 N–H and O–H groups in total. The fourth-order valence-corrected chi connectivity index (χ4v) is 3.92. The summed E-state index contributed by atoms with van der Waals surface area (Å²) in [5.74, 6) is 0.700. The minimum absolute atomic E-state index is 0.134. The lowest BCUT2D eigenvalue weighted by Crippen LogP contribution is -2.03. The first-order valence-corrected chi connectivity index (χ1v) is 7.73. The van der Waals surface area contributed by atoms with Gasteiger partial charge in [-0.3, -0.25) is 0 Å². The highest BCUT2D eigenvalue weighted by atomic mass is 32.1. The quantitative estimate of drug-likeness (QED) is 0.852. The summed E-state index contributed by atoms with van der Waals surface area (Å²) >= 11 is 1.85. The Morgan fingerprint density at radius 1 is 1.18 bits per heavy atom. The number of aromatic nitrogens is 1. The molecule has 0 radical (unpaired) electrons. The lowest BCUT2D eigenvalue weighted by Gasteiger charge is -2.17. The van der Waals surface area contributed by atoms with Gasteiger partial charge in [0.15, 0.2) is 0 Å². The van der Waals surface area contributed by atoms with E-state index in [1.54, 1.807) is 0 Å². The molecule has 1 aromatic rings. The van der Waals surface area contributed by atoms with Gasteiger partial charge >= 0.3 is 0 Å². The zero-order chi connectivity index (χ0) is 12.3. The second-order valence-electron chi connectivity index (χ2n) is 5.33. The van der Waals surface area contributed by atoms with Gasteiger partial charge in [0.25, 0.3) is 0 Å². The van der Waals surface area contributed by atoms with Crippen molar-refractivity contribution in [3.63, 3.8) is 0 Å². The highest BCUT2D eigenvalue weighted by Gasteiger charge is 2.19. The Morgan fingerprint density at radius 2 is 1.76 bits per heavy atom. The summed E-state index contributed by atoms with van der Waals surface area (Å²) in [7, 11) is 0. The first-order valence-electron chi connectivity index (χ1n) is 6.91. The van der Waals surface area contributed by atoms with E-state index in [2.05, 4.69) is 13.8 Å². The fourth-order valence-electron chi connectivity index (χ4n) is 2.73. The van der Waals surface area contributed by atoms with Crippen LogP contribution in [-0.2, 0) is 0 Å². The molecule has 0 aliphatic heterocycles. The Labute approximate surface area is 109 Å². The lowest BCUT2D eigenvalue weighted by atomic mass is 9.92. The third kappa shape index (κ3) is 3.29. The number of aryl methyl sites for hydroxylation is 1. The standard InChI is InChI=1S/C14H24N2S/c1-10(15)13-11(2)16-14(17-13)12-8-6-4-3-5-7-9-12/h10,12H,3-9,15H2,1-2H3. The van der Waals surface area contributed by atoms with Gasteiger partial charge in [-0.25, -0.2) is 4.98 Å². The molecular formula is C14H24N2S. The van der Waals surface area contributed by atoms with Gasteiger partial charge in [-0.2, -0.15) is 0 Å². The first-order chi connectivity index (χ1) is 8.18.